The molecular formula is C23H30ClN3O4S. The summed E-state index contributed by atoms with van der Waals surface area (Å²) < 4.78 is 26.8. The summed E-state index contributed by atoms with van der Waals surface area (Å²) in [5.41, 5.74) is 1.88. The van der Waals surface area contributed by atoms with Gasteiger partial charge in [-0.15, -0.1) is 0 Å². The molecular weight excluding hydrogens is 450 g/mol. The van der Waals surface area contributed by atoms with Crippen LogP contribution in [-0.2, 0) is 26.2 Å². The molecule has 0 saturated heterocycles. The first-order valence-electron chi connectivity index (χ1n) is 10.3. The van der Waals surface area contributed by atoms with Crippen LogP contribution >= 0.6 is 11.6 Å². The van der Waals surface area contributed by atoms with E-state index in [1.807, 2.05) is 45.0 Å². The number of carbonyl (C=O) groups is 2. The highest BCUT2D eigenvalue weighted by Gasteiger charge is 2.30. The molecule has 7 nitrogen and oxygen atoms in total. The number of nitrogens with one attached hydrogen (secondary N) is 1. The average molecular weight is 480 g/mol. The molecule has 0 heterocycles. The third-order valence-corrected chi connectivity index (χ3v) is 6.98. The molecule has 0 saturated carbocycles. The second kappa shape index (κ2) is 10.9. The fraction of sp³-hybridized carbons (Fsp3) is 0.391. The average Bonchev–Trinajstić information content (AvgIpc) is 2.71. The number of hydrogen-bond donors (Lipinski definition) is 1. The van der Waals surface area contributed by atoms with E-state index in [1.165, 1.54) is 36.2 Å². The zero-order valence-electron chi connectivity index (χ0n) is 19.0. The second-order valence-electron chi connectivity index (χ2n) is 8.06. The first-order chi connectivity index (χ1) is 14.9. The van der Waals surface area contributed by atoms with Crippen LogP contribution in [0.5, 0.6) is 0 Å². The van der Waals surface area contributed by atoms with Crippen molar-refractivity contribution in [3.05, 3.63) is 64.7 Å². The Balaban J connectivity index is 2.27. The fourth-order valence-corrected chi connectivity index (χ4v) is 4.39. The molecule has 0 bridgehead atoms. The normalized spacial score (nSPS) is 12.6. The maximum absolute atomic E-state index is 13.2. The summed E-state index contributed by atoms with van der Waals surface area (Å²) in [5.74, 6) is -0.776. The summed E-state index contributed by atoms with van der Waals surface area (Å²) in [6.45, 7) is 7.03. The lowest BCUT2D eigenvalue weighted by molar-refractivity contribution is -0.140. The van der Waals surface area contributed by atoms with Gasteiger partial charge in [0.25, 0.3) is 0 Å². The Hall–Kier alpha value is -2.42. The Labute approximate surface area is 195 Å². The van der Waals surface area contributed by atoms with Crippen molar-refractivity contribution in [3.63, 3.8) is 0 Å². The predicted molar refractivity (Wildman–Crippen MR) is 126 cm³/mol. The van der Waals surface area contributed by atoms with Crippen LogP contribution in [0, 0.1) is 6.92 Å². The summed E-state index contributed by atoms with van der Waals surface area (Å²) in [6, 6.07) is 12.5. The van der Waals surface area contributed by atoms with Gasteiger partial charge in [-0.1, -0.05) is 41.4 Å². The first kappa shape index (κ1) is 25.8. The number of halogens is 1. The minimum atomic E-state index is -3.90. The van der Waals surface area contributed by atoms with Crippen molar-refractivity contribution in [3.8, 4) is 0 Å². The van der Waals surface area contributed by atoms with Crippen LogP contribution in [0.25, 0.3) is 0 Å². The van der Waals surface area contributed by atoms with Crippen LogP contribution in [0.2, 0.25) is 5.02 Å². The Morgan fingerprint density at radius 2 is 1.69 bits per heavy atom. The van der Waals surface area contributed by atoms with Crippen LogP contribution < -0.4 is 5.32 Å². The number of hydrogen-bond acceptors (Lipinski definition) is 4. The van der Waals surface area contributed by atoms with Crippen molar-refractivity contribution in [2.24, 2.45) is 0 Å². The molecule has 0 aromatic heterocycles. The van der Waals surface area contributed by atoms with E-state index in [0.29, 0.717) is 5.02 Å². The molecule has 174 valence electrons. The van der Waals surface area contributed by atoms with Crippen LogP contribution in [-0.4, -0.2) is 55.1 Å². The van der Waals surface area contributed by atoms with Gasteiger partial charge in [0.2, 0.25) is 21.8 Å². The Kier molecular flexibility index (Phi) is 8.83. The summed E-state index contributed by atoms with van der Waals surface area (Å²) in [5, 5.41) is 3.23. The molecule has 1 atom stereocenters. The monoisotopic (exact) mass is 479 g/mol. The van der Waals surface area contributed by atoms with Gasteiger partial charge in [-0.2, -0.15) is 4.31 Å². The molecule has 0 spiro atoms. The van der Waals surface area contributed by atoms with Crippen LogP contribution in [0.1, 0.15) is 31.9 Å². The van der Waals surface area contributed by atoms with Gasteiger partial charge in [0.15, 0.2) is 0 Å². The van der Waals surface area contributed by atoms with E-state index in [9.17, 15) is 18.0 Å². The first-order valence-corrected chi connectivity index (χ1v) is 12.1. The standard InChI is InChI=1S/C23H30ClN3O4S/c1-16(2)25-23(29)18(4)27(14-19-8-6-7-17(3)13-19)22(28)15-26(5)32(30,31)21-11-9-20(24)10-12-21/h6-13,16,18H,14-15H2,1-5H3,(H,25,29)/t18-/m0/s1. The maximum Gasteiger partial charge on any atom is 0.243 e. The van der Waals surface area contributed by atoms with E-state index in [-0.39, 0.29) is 23.4 Å². The smallest absolute Gasteiger partial charge is 0.243 e. The van der Waals surface area contributed by atoms with Crippen LogP contribution in [0.3, 0.4) is 0 Å². The highest BCUT2D eigenvalue weighted by molar-refractivity contribution is 7.89. The molecule has 32 heavy (non-hydrogen) atoms. The van der Waals surface area contributed by atoms with Crippen molar-refractivity contribution >= 4 is 33.4 Å². The largest absolute Gasteiger partial charge is 0.352 e. The van der Waals surface area contributed by atoms with Gasteiger partial charge in [-0.05, 0) is 57.5 Å². The van der Waals surface area contributed by atoms with Gasteiger partial charge in [-0.3, -0.25) is 9.59 Å². The van der Waals surface area contributed by atoms with E-state index in [0.717, 1.165) is 15.4 Å². The van der Waals surface area contributed by atoms with E-state index >= 15 is 0 Å². The van der Waals surface area contributed by atoms with E-state index in [1.54, 1.807) is 6.92 Å². The minimum Gasteiger partial charge on any atom is -0.352 e. The Bertz CT molecular complexity index is 1060. The topological polar surface area (TPSA) is 86.8 Å². The Morgan fingerprint density at radius 3 is 2.25 bits per heavy atom. The van der Waals surface area contributed by atoms with Crippen molar-refractivity contribution < 1.29 is 18.0 Å². The molecule has 0 radical (unpaired) electrons. The molecule has 0 unspecified atom stereocenters. The molecule has 1 N–H and O–H groups in total. The highest BCUT2D eigenvalue weighted by Crippen LogP contribution is 2.18. The molecule has 0 aliphatic rings. The summed E-state index contributed by atoms with van der Waals surface area (Å²) in [7, 11) is -2.56. The molecule has 0 aliphatic carbocycles. The lowest BCUT2D eigenvalue weighted by Gasteiger charge is -2.31. The number of aryl methyl sites for hydroxylation is 1. The zero-order chi connectivity index (χ0) is 24.1. The van der Waals surface area contributed by atoms with Crippen LogP contribution in [0.4, 0.5) is 0 Å². The zero-order valence-corrected chi connectivity index (χ0v) is 20.6. The summed E-state index contributed by atoms with van der Waals surface area (Å²) >= 11 is 5.85. The molecule has 2 rings (SSSR count). The van der Waals surface area contributed by atoms with Crippen molar-refractivity contribution in [1.82, 2.24) is 14.5 Å². The predicted octanol–water partition coefficient (Wildman–Crippen LogP) is 3.21. The van der Waals surface area contributed by atoms with Gasteiger partial charge in [0, 0.05) is 24.7 Å². The molecule has 2 aromatic carbocycles. The van der Waals surface area contributed by atoms with E-state index in [2.05, 4.69) is 5.32 Å². The Morgan fingerprint density at radius 1 is 1.06 bits per heavy atom. The number of likely N-dealkylation sites (N-methyl/N-ethyl adjacent to an activating group) is 1. The molecule has 2 amide bonds. The quantitative estimate of drug-likeness (QED) is 0.598. The highest BCUT2D eigenvalue weighted by atomic mass is 35.5. The molecule has 0 aliphatic heterocycles. The van der Waals surface area contributed by atoms with Crippen molar-refractivity contribution in [2.75, 3.05) is 13.6 Å². The second-order valence-corrected chi connectivity index (χ2v) is 10.5. The fourth-order valence-electron chi connectivity index (χ4n) is 3.15. The van der Waals surface area contributed by atoms with E-state index in [4.69, 9.17) is 11.6 Å². The molecule has 9 heteroatoms. The lowest BCUT2D eigenvalue weighted by Crippen LogP contribution is -2.51. The number of carbonyl (C=O) groups excluding carboxylic acids is 2. The summed E-state index contributed by atoms with van der Waals surface area (Å²) in [4.78, 5) is 27.3. The molecule has 2 aromatic rings. The summed E-state index contributed by atoms with van der Waals surface area (Å²) in [6.07, 6.45) is 0. The number of sulfonamides is 1. The van der Waals surface area contributed by atoms with Crippen LogP contribution in [0.15, 0.2) is 53.4 Å². The lowest BCUT2D eigenvalue weighted by atomic mass is 10.1. The number of nitrogens with zero attached hydrogens (tertiary/aromatic N) is 2. The number of amides is 2. The SMILES string of the molecule is Cc1cccc(CN(C(=O)CN(C)S(=O)(=O)c2ccc(Cl)cc2)[C@@H](C)C(=O)NC(C)C)c1. The van der Waals surface area contributed by atoms with Gasteiger partial charge < -0.3 is 10.2 Å². The minimum absolute atomic E-state index is 0.0352. The van der Waals surface area contributed by atoms with E-state index < -0.39 is 28.5 Å². The third-order valence-electron chi connectivity index (χ3n) is 4.91. The third kappa shape index (κ3) is 6.79. The van der Waals surface area contributed by atoms with Crippen molar-refractivity contribution in [1.29, 1.82) is 0 Å². The van der Waals surface area contributed by atoms with Gasteiger partial charge in [-0.25, -0.2) is 8.42 Å². The van der Waals surface area contributed by atoms with Gasteiger partial charge in [0.05, 0.1) is 11.4 Å². The maximum atomic E-state index is 13.2. The molecule has 0 fully saturated rings. The van der Waals surface area contributed by atoms with Crippen molar-refractivity contribution in [2.45, 2.75) is 51.2 Å². The van der Waals surface area contributed by atoms with Gasteiger partial charge >= 0.3 is 0 Å². The number of rotatable bonds is 9. The number of benzene rings is 2. The van der Waals surface area contributed by atoms with Gasteiger partial charge in [0.1, 0.15) is 6.04 Å².